The van der Waals surface area contributed by atoms with Crippen LogP contribution < -0.4 is 11.1 Å². The molecule has 0 atom stereocenters. The third-order valence-corrected chi connectivity index (χ3v) is 2.80. The van der Waals surface area contributed by atoms with Gasteiger partial charge in [0.2, 0.25) is 0 Å². The summed E-state index contributed by atoms with van der Waals surface area (Å²) in [6, 6.07) is 5.81. The van der Waals surface area contributed by atoms with Crippen molar-refractivity contribution in [3.63, 3.8) is 0 Å². The largest absolute Gasteiger partial charge is 0.399 e. The van der Waals surface area contributed by atoms with Crippen molar-refractivity contribution >= 4 is 34.0 Å². The first kappa shape index (κ1) is 13.3. The number of rotatable bonds is 6. The van der Waals surface area contributed by atoms with Crippen LogP contribution in [0.5, 0.6) is 0 Å². The minimum atomic E-state index is 0.626. The molecule has 0 radical (unpaired) electrons. The van der Waals surface area contributed by atoms with E-state index in [0.717, 1.165) is 27.1 Å². The highest BCUT2D eigenvalue weighted by molar-refractivity contribution is 14.1. The predicted octanol–water partition coefficient (Wildman–Crippen LogP) is 2.88. The van der Waals surface area contributed by atoms with Crippen molar-refractivity contribution in [1.29, 1.82) is 0 Å². The van der Waals surface area contributed by atoms with E-state index in [0.29, 0.717) is 13.2 Å². The monoisotopic (exact) mass is 332 g/mol. The zero-order valence-electron chi connectivity index (χ0n) is 9.42. The molecule has 0 aliphatic carbocycles. The fraction of sp³-hybridized carbons (Fsp3) is 0.333. The first-order chi connectivity index (χ1) is 7.59. The number of halogens is 1. The molecule has 16 heavy (non-hydrogen) atoms. The van der Waals surface area contributed by atoms with Crippen LogP contribution in [-0.4, -0.2) is 19.8 Å². The molecule has 0 aromatic heterocycles. The van der Waals surface area contributed by atoms with Gasteiger partial charge in [-0.15, -0.1) is 0 Å². The summed E-state index contributed by atoms with van der Waals surface area (Å²) in [6.07, 6.45) is 0. The molecule has 3 nitrogen and oxygen atoms in total. The van der Waals surface area contributed by atoms with Crippen molar-refractivity contribution < 1.29 is 4.74 Å². The second kappa shape index (κ2) is 6.75. The van der Waals surface area contributed by atoms with E-state index in [1.54, 1.807) is 0 Å². The molecule has 3 N–H and O–H groups in total. The zero-order valence-corrected chi connectivity index (χ0v) is 11.6. The van der Waals surface area contributed by atoms with E-state index < -0.39 is 0 Å². The van der Waals surface area contributed by atoms with Crippen LogP contribution in [0.2, 0.25) is 0 Å². The molecule has 4 heteroatoms. The molecular weight excluding hydrogens is 315 g/mol. The van der Waals surface area contributed by atoms with Crippen LogP contribution in [0.25, 0.3) is 0 Å². The number of nitrogen functional groups attached to an aromatic ring is 1. The molecular formula is C12H17IN2O. The van der Waals surface area contributed by atoms with Crippen LogP contribution in [0, 0.1) is 3.57 Å². The highest BCUT2D eigenvalue weighted by Gasteiger charge is 1.98. The first-order valence-corrected chi connectivity index (χ1v) is 6.18. The molecule has 0 saturated heterocycles. The topological polar surface area (TPSA) is 47.3 Å². The van der Waals surface area contributed by atoms with Crippen molar-refractivity contribution in [3.05, 3.63) is 33.9 Å². The Kier molecular flexibility index (Phi) is 5.62. The number of hydrogen-bond acceptors (Lipinski definition) is 3. The van der Waals surface area contributed by atoms with Gasteiger partial charge in [0.1, 0.15) is 0 Å². The van der Waals surface area contributed by atoms with Gasteiger partial charge in [0, 0.05) is 21.5 Å². The lowest BCUT2D eigenvalue weighted by molar-refractivity contribution is 0.167. The molecule has 0 amide bonds. The van der Waals surface area contributed by atoms with E-state index in [2.05, 4.69) is 34.5 Å². The molecule has 0 unspecified atom stereocenters. The second-order valence-corrected chi connectivity index (χ2v) is 4.84. The first-order valence-electron chi connectivity index (χ1n) is 5.10. The number of nitrogens with two attached hydrogens (primary N) is 1. The Labute approximate surface area is 110 Å². The number of ether oxygens (including phenoxy) is 1. The van der Waals surface area contributed by atoms with Crippen LogP contribution >= 0.6 is 22.6 Å². The lowest BCUT2D eigenvalue weighted by Gasteiger charge is -2.09. The predicted molar refractivity (Wildman–Crippen MR) is 77.7 cm³/mol. The molecule has 1 aromatic carbocycles. The van der Waals surface area contributed by atoms with Crippen LogP contribution in [0.4, 0.5) is 11.4 Å². The Bertz CT molecular complexity index is 366. The number of nitrogens with one attached hydrogen (secondary N) is 1. The van der Waals surface area contributed by atoms with Crippen molar-refractivity contribution in [3.8, 4) is 0 Å². The molecule has 0 fully saturated rings. The minimum absolute atomic E-state index is 0.626. The van der Waals surface area contributed by atoms with Crippen molar-refractivity contribution in [2.45, 2.75) is 6.92 Å². The Morgan fingerprint density at radius 2 is 2.31 bits per heavy atom. The van der Waals surface area contributed by atoms with E-state index in [9.17, 15) is 0 Å². The molecule has 0 bridgehead atoms. The standard InChI is InChI=1S/C12H17IN2O/c1-9(2)8-16-6-5-15-12-4-3-10(14)7-11(12)13/h3-4,7,15H,1,5-6,8,14H2,2H3. The molecule has 0 aliphatic rings. The van der Waals surface area contributed by atoms with Gasteiger partial charge >= 0.3 is 0 Å². The van der Waals surface area contributed by atoms with Gasteiger partial charge in [0.05, 0.1) is 13.2 Å². The molecule has 1 aromatic rings. The normalized spacial score (nSPS) is 10.1. The van der Waals surface area contributed by atoms with Gasteiger partial charge < -0.3 is 15.8 Å². The van der Waals surface area contributed by atoms with Crippen molar-refractivity contribution in [1.82, 2.24) is 0 Å². The Morgan fingerprint density at radius 3 is 2.94 bits per heavy atom. The Hall–Kier alpha value is -0.750. The Morgan fingerprint density at radius 1 is 1.56 bits per heavy atom. The summed E-state index contributed by atoms with van der Waals surface area (Å²) >= 11 is 2.26. The molecule has 1 rings (SSSR count). The summed E-state index contributed by atoms with van der Waals surface area (Å²) in [5.41, 5.74) is 8.59. The molecule has 88 valence electrons. The SMILES string of the molecule is C=C(C)COCCNc1ccc(N)cc1I. The average Bonchev–Trinajstić information content (AvgIpc) is 2.20. The zero-order chi connectivity index (χ0) is 12.0. The quantitative estimate of drug-likeness (QED) is 0.364. The number of hydrogen-bond donors (Lipinski definition) is 2. The second-order valence-electron chi connectivity index (χ2n) is 3.68. The Balaban J connectivity index is 2.29. The molecule has 0 aliphatic heterocycles. The van der Waals surface area contributed by atoms with Gasteiger partial charge in [-0.1, -0.05) is 12.2 Å². The third-order valence-electron chi connectivity index (χ3n) is 1.90. The van der Waals surface area contributed by atoms with Crippen LogP contribution in [0.1, 0.15) is 6.92 Å². The fourth-order valence-electron chi connectivity index (χ4n) is 1.18. The van der Waals surface area contributed by atoms with Gasteiger partial charge in [-0.2, -0.15) is 0 Å². The average molecular weight is 332 g/mol. The van der Waals surface area contributed by atoms with Crippen LogP contribution in [0.15, 0.2) is 30.4 Å². The van der Waals surface area contributed by atoms with Crippen LogP contribution in [0.3, 0.4) is 0 Å². The van der Waals surface area contributed by atoms with Gasteiger partial charge in [-0.25, -0.2) is 0 Å². The fourth-order valence-corrected chi connectivity index (χ4v) is 1.91. The van der Waals surface area contributed by atoms with E-state index in [-0.39, 0.29) is 0 Å². The van der Waals surface area contributed by atoms with Gasteiger partial charge in [-0.05, 0) is 47.7 Å². The highest BCUT2D eigenvalue weighted by atomic mass is 127. The molecule has 0 saturated carbocycles. The summed E-state index contributed by atoms with van der Waals surface area (Å²) in [7, 11) is 0. The van der Waals surface area contributed by atoms with Crippen molar-refractivity contribution in [2.24, 2.45) is 0 Å². The number of benzene rings is 1. The summed E-state index contributed by atoms with van der Waals surface area (Å²) in [6.45, 7) is 7.81. The minimum Gasteiger partial charge on any atom is -0.399 e. The summed E-state index contributed by atoms with van der Waals surface area (Å²) < 4.78 is 6.51. The van der Waals surface area contributed by atoms with Crippen molar-refractivity contribution in [2.75, 3.05) is 30.8 Å². The maximum absolute atomic E-state index is 5.67. The lowest BCUT2D eigenvalue weighted by atomic mass is 10.3. The lowest BCUT2D eigenvalue weighted by Crippen LogP contribution is -2.11. The number of anilines is 2. The van der Waals surface area contributed by atoms with E-state index in [1.165, 1.54) is 0 Å². The maximum atomic E-state index is 5.67. The molecule has 0 heterocycles. The van der Waals surface area contributed by atoms with Crippen LogP contribution in [-0.2, 0) is 4.74 Å². The molecule has 0 spiro atoms. The van der Waals surface area contributed by atoms with Gasteiger partial charge in [-0.3, -0.25) is 0 Å². The summed E-state index contributed by atoms with van der Waals surface area (Å²) in [5, 5.41) is 3.30. The smallest absolute Gasteiger partial charge is 0.0672 e. The third kappa shape index (κ3) is 4.85. The maximum Gasteiger partial charge on any atom is 0.0672 e. The summed E-state index contributed by atoms with van der Waals surface area (Å²) in [4.78, 5) is 0. The highest BCUT2D eigenvalue weighted by Crippen LogP contribution is 2.20. The van der Waals surface area contributed by atoms with Gasteiger partial charge in [0.15, 0.2) is 0 Å². The van der Waals surface area contributed by atoms with E-state index >= 15 is 0 Å². The van der Waals surface area contributed by atoms with E-state index in [4.69, 9.17) is 10.5 Å². The van der Waals surface area contributed by atoms with Gasteiger partial charge in [0.25, 0.3) is 0 Å². The van der Waals surface area contributed by atoms with E-state index in [1.807, 2.05) is 25.1 Å². The summed E-state index contributed by atoms with van der Waals surface area (Å²) in [5.74, 6) is 0.